The Morgan fingerprint density at radius 3 is 2.02 bits per heavy atom. The lowest BCUT2D eigenvalue weighted by Crippen LogP contribution is -2.51. The van der Waals surface area contributed by atoms with Crippen LogP contribution < -0.4 is 19.5 Å². The third-order valence-corrected chi connectivity index (χ3v) is 7.54. The second-order valence-electron chi connectivity index (χ2n) is 10.3. The Morgan fingerprint density at radius 1 is 0.881 bits per heavy atom. The molecule has 0 bridgehead atoms. The van der Waals surface area contributed by atoms with Crippen molar-refractivity contribution in [2.24, 2.45) is 0 Å². The van der Waals surface area contributed by atoms with Crippen molar-refractivity contribution in [3.8, 4) is 17.2 Å². The van der Waals surface area contributed by atoms with E-state index in [1.807, 2.05) is 36.9 Å². The number of hydrogen-bond donors (Lipinski definition) is 1. The summed E-state index contributed by atoms with van der Waals surface area (Å²) in [5, 5.41) is 3.06. The topological polar surface area (TPSA) is 83.6 Å². The summed E-state index contributed by atoms with van der Waals surface area (Å²) in [4.78, 5) is 32.6. The van der Waals surface area contributed by atoms with Crippen molar-refractivity contribution in [1.82, 2.24) is 14.7 Å². The molecule has 0 aromatic heterocycles. The highest BCUT2D eigenvalue weighted by Gasteiger charge is 2.25. The second-order valence-corrected chi connectivity index (χ2v) is 10.3. The Labute approximate surface area is 246 Å². The van der Waals surface area contributed by atoms with E-state index >= 15 is 0 Å². The number of aryl methyl sites for hydroxylation is 2. The van der Waals surface area contributed by atoms with Crippen molar-refractivity contribution in [1.29, 1.82) is 0 Å². The number of hydrogen-bond acceptors (Lipinski definition) is 6. The normalized spacial score (nSPS) is 13.4. The number of anilines is 1. The molecule has 0 aliphatic carbocycles. The standard InChI is InChI=1S/C32H39FN4O5/c1-22-7-6-8-23(2)29(22)34-32(39)36-16-13-35(14-17-36)15-18-37(21-24-9-11-26(33)12-10-24)31(38)25-19-27(40-3)30(42-5)28(20-25)41-4/h6-12,19-20H,13-18,21H2,1-5H3,(H,34,39). The molecule has 0 spiro atoms. The van der Waals surface area contributed by atoms with Crippen LogP contribution in [-0.2, 0) is 6.54 Å². The van der Waals surface area contributed by atoms with E-state index in [1.54, 1.807) is 29.2 Å². The molecule has 224 valence electrons. The van der Waals surface area contributed by atoms with Gasteiger partial charge in [0.25, 0.3) is 5.91 Å². The first-order chi connectivity index (χ1) is 20.2. The highest BCUT2D eigenvalue weighted by Crippen LogP contribution is 2.38. The monoisotopic (exact) mass is 578 g/mol. The number of rotatable bonds is 10. The highest BCUT2D eigenvalue weighted by molar-refractivity contribution is 5.95. The van der Waals surface area contributed by atoms with Gasteiger partial charge in [-0.15, -0.1) is 0 Å². The molecule has 1 aliphatic rings. The summed E-state index contributed by atoms with van der Waals surface area (Å²) < 4.78 is 29.9. The van der Waals surface area contributed by atoms with Crippen molar-refractivity contribution in [3.63, 3.8) is 0 Å². The van der Waals surface area contributed by atoms with E-state index in [0.717, 1.165) is 22.4 Å². The molecule has 1 heterocycles. The van der Waals surface area contributed by atoms with Crippen LogP contribution in [-0.4, -0.2) is 87.2 Å². The molecule has 0 saturated carbocycles. The average Bonchev–Trinajstić information content (AvgIpc) is 3.01. The van der Waals surface area contributed by atoms with Gasteiger partial charge in [-0.2, -0.15) is 0 Å². The van der Waals surface area contributed by atoms with E-state index in [2.05, 4.69) is 10.2 Å². The largest absolute Gasteiger partial charge is 0.493 e. The van der Waals surface area contributed by atoms with Crippen LogP contribution in [0.5, 0.6) is 17.2 Å². The third kappa shape index (κ3) is 7.30. The number of halogens is 1. The lowest BCUT2D eigenvalue weighted by atomic mass is 10.1. The van der Waals surface area contributed by atoms with Crippen LogP contribution in [0.15, 0.2) is 54.6 Å². The average molecular weight is 579 g/mol. The van der Waals surface area contributed by atoms with E-state index in [0.29, 0.717) is 68.6 Å². The number of ether oxygens (including phenoxy) is 3. The van der Waals surface area contributed by atoms with Gasteiger partial charge >= 0.3 is 6.03 Å². The smallest absolute Gasteiger partial charge is 0.321 e. The Morgan fingerprint density at radius 2 is 1.48 bits per heavy atom. The van der Waals surface area contributed by atoms with Crippen LogP contribution in [0.3, 0.4) is 0 Å². The number of benzene rings is 3. The van der Waals surface area contributed by atoms with E-state index in [4.69, 9.17) is 14.2 Å². The number of para-hydroxylation sites is 1. The van der Waals surface area contributed by atoms with Crippen molar-refractivity contribution in [3.05, 3.63) is 82.7 Å². The van der Waals surface area contributed by atoms with Crippen LogP contribution in [0, 0.1) is 19.7 Å². The summed E-state index contributed by atoms with van der Waals surface area (Å²) in [6, 6.07) is 15.2. The lowest BCUT2D eigenvalue weighted by molar-refractivity contribution is 0.0703. The first-order valence-corrected chi connectivity index (χ1v) is 13.9. The van der Waals surface area contributed by atoms with Gasteiger partial charge in [0.15, 0.2) is 11.5 Å². The molecular formula is C32H39FN4O5. The maximum atomic E-state index is 13.8. The summed E-state index contributed by atoms with van der Waals surface area (Å²) in [6.07, 6.45) is 0. The fraction of sp³-hybridized carbons (Fsp3) is 0.375. The molecule has 9 nitrogen and oxygen atoms in total. The summed E-state index contributed by atoms with van der Waals surface area (Å²) in [5.74, 6) is 0.626. The van der Waals surface area contributed by atoms with Gasteiger partial charge in [0.1, 0.15) is 5.82 Å². The summed E-state index contributed by atoms with van der Waals surface area (Å²) in [6.45, 7) is 7.84. The van der Waals surface area contributed by atoms with Gasteiger partial charge in [0.05, 0.1) is 21.3 Å². The van der Waals surface area contributed by atoms with Crippen LogP contribution in [0.1, 0.15) is 27.0 Å². The molecule has 1 fully saturated rings. The van der Waals surface area contributed by atoms with Crippen molar-refractivity contribution >= 4 is 17.6 Å². The van der Waals surface area contributed by atoms with Crippen LogP contribution in [0.4, 0.5) is 14.9 Å². The van der Waals surface area contributed by atoms with E-state index in [-0.39, 0.29) is 17.8 Å². The van der Waals surface area contributed by atoms with Crippen molar-refractivity contribution in [2.75, 3.05) is 65.9 Å². The first-order valence-electron chi connectivity index (χ1n) is 13.9. The molecule has 1 N–H and O–H groups in total. The zero-order chi connectivity index (χ0) is 30.2. The molecule has 1 saturated heterocycles. The SMILES string of the molecule is COc1cc(C(=O)N(CCN2CCN(C(=O)Nc3c(C)cccc3C)CC2)Cc2ccc(F)cc2)cc(OC)c1OC. The van der Waals surface area contributed by atoms with E-state index in [1.165, 1.54) is 33.5 Å². The van der Waals surface area contributed by atoms with Crippen LogP contribution >= 0.6 is 0 Å². The molecule has 0 unspecified atom stereocenters. The molecule has 0 atom stereocenters. The molecule has 4 rings (SSSR count). The van der Waals surface area contributed by atoms with Gasteiger partial charge < -0.3 is 29.3 Å². The minimum absolute atomic E-state index is 0.109. The predicted molar refractivity (Wildman–Crippen MR) is 160 cm³/mol. The number of nitrogens with one attached hydrogen (secondary N) is 1. The molecule has 3 aromatic rings. The van der Waals surface area contributed by atoms with Crippen molar-refractivity contribution < 1.29 is 28.2 Å². The van der Waals surface area contributed by atoms with Gasteiger partial charge in [-0.05, 0) is 54.8 Å². The minimum atomic E-state index is -0.333. The summed E-state index contributed by atoms with van der Waals surface area (Å²) >= 11 is 0. The fourth-order valence-electron chi connectivity index (χ4n) is 5.08. The molecule has 10 heteroatoms. The first kappa shape index (κ1) is 30.6. The van der Waals surface area contributed by atoms with E-state index < -0.39 is 0 Å². The second kappa shape index (κ2) is 14.0. The van der Waals surface area contributed by atoms with Crippen LogP contribution in [0.2, 0.25) is 0 Å². The maximum absolute atomic E-state index is 13.8. The third-order valence-electron chi connectivity index (χ3n) is 7.54. The Bertz CT molecular complexity index is 1340. The molecular weight excluding hydrogens is 539 g/mol. The van der Waals surface area contributed by atoms with Gasteiger partial charge in [-0.3, -0.25) is 9.69 Å². The number of nitrogens with zero attached hydrogens (tertiary/aromatic N) is 3. The predicted octanol–water partition coefficient (Wildman–Crippen LogP) is 4.96. The summed E-state index contributed by atoms with van der Waals surface area (Å²) in [7, 11) is 4.52. The molecule has 3 amide bonds. The number of piperazine rings is 1. The minimum Gasteiger partial charge on any atom is -0.493 e. The highest BCUT2D eigenvalue weighted by atomic mass is 19.1. The number of carbonyl (C=O) groups excluding carboxylic acids is 2. The Kier molecular flexibility index (Phi) is 10.2. The van der Waals surface area contributed by atoms with Crippen molar-refractivity contribution in [2.45, 2.75) is 20.4 Å². The van der Waals surface area contributed by atoms with Gasteiger partial charge in [-0.1, -0.05) is 30.3 Å². The molecule has 1 aliphatic heterocycles. The zero-order valence-electron chi connectivity index (χ0n) is 24.9. The molecule has 42 heavy (non-hydrogen) atoms. The fourth-order valence-corrected chi connectivity index (χ4v) is 5.08. The lowest BCUT2D eigenvalue weighted by Gasteiger charge is -2.36. The maximum Gasteiger partial charge on any atom is 0.321 e. The number of carbonyl (C=O) groups is 2. The number of urea groups is 1. The number of amides is 3. The van der Waals surface area contributed by atoms with Gasteiger partial charge in [-0.25, -0.2) is 9.18 Å². The van der Waals surface area contributed by atoms with Gasteiger partial charge in [0.2, 0.25) is 5.75 Å². The van der Waals surface area contributed by atoms with Gasteiger partial charge in [0, 0.05) is 57.1 Å². The quantitative estimate of drug-likeness (QED) is 0.366. The zero-order valence-corrected chi connectivity index (χ0v) is 24.9. The van der Waals surface area contributed by atoms with E-state index in [9.17, 15) is 14.0 Å². The Hall–Kier alpha value is -4.31. The Balaban J connectivity index is 1.43. The molecule has 0 radical (unpaired) electrons. The number of methoxy groups -OCH3 is 3. The van der Waals surface area contributed by atoms with Crippen LogP contribution in [0.25, 0.3) is 0 Å². The summed E-state index contributed by atoms with van der Waals surface area (Å²) in [5.41, 5.74) is 4.11. The molecule has 3 aromatic carbocycles.